The van der Waals surface area contributed by atoms with Crippen molar-refractivity contribution >= 4 is 40.1 Å². The number of alkyl carbamates (subject to hydrolysis) is 3. The predicted octanol–water partition coefficient (Wildman–Crippen LogP) is 6.08. The van der Waals surface area contributed by atoms with Gasteiger partial charge < -0.3 is 45.9 Å². The van der Waals surface area contributed by atoms with Gasteiger partial charge >= 0.3 is 18.3 Å². The van der Waals surface area contributed by atoms with Crippen LogP contribution in [0.3, 0.4) is 0 Å². The number of benzene rings is 2. The van der Waals surface area contributed by atoms with Gasteiger partial charge in [0.2, 0.25) is 0 Å². The maximum Gasteiger partial charge on any atom is 0.407 e. The van der Waals surface area contributed by atoms with Crippen LogP contribution in [0.15, 0.2) is 73.6 Å². The normalized spacial score (nSPS) is 12.6. The standard InChI is InChI=1S/C20H27N3O4.C16H23N3O2/c1-5-10-26-18(24)22-13-15(23-19(25)27-20(2,3)4)11-14-12-21-17-9-7-6-8-16(14)17;1-16(2,3)21-15(20)19-12(9-17)8-11-10-18-14-7-5-4-6-13(11)14/h5-9,12,15,21H,1,10-11,13H2,2-4H3,(H,22,24)(H,23,25);4-7,10,12,18H,8-9,17H2,1-3H3,(H,19,20)/t15-;12-/m11/s1. The Morgan fingerprint density at radius 1 is 0.771 bits per heavy atom. The van der Waals surface area contributed by atoms with Crippen molar-refractivity contribution < 1.29 is 28.6 Å². The van der Waals surface area contributed by atoms with E-state index in [2.05, 4.69) is 38.6 Å². The highest BCUT2D eigenvalue weighted by Crippen LogP contribution is 2.20. The molecule has 4 aromatic rings. The molecule has 0 fully saturated rings. The van der Waals surface area contributed by atoms with Crippen LogP contribution in [0.25, 0.3) is 21.8 Å². The van der Waals surface area contributed by atoms with E-state index in [-0.39, 0.29) is 25.2 Å². The van der Waals surface area contributed by atoms with Crippen LogP contribution in [0.4, 0.5) is 14.4 Å². The lowest BCUT2D eigenvalue weighted by molar-refractivity contribution is 0.0492. The molecule has 2 aromatic heterocycles. The van der Waals surface area contributed by atoms with Crippen LogP contribution in [0.5, 0.6) is 0 Å². The van der Waals surface area contributed by atoms with Gasteiger partial charge in [0, 0.05) is 53.3 Å². The Morgan fingerprint density at radius 2 is 1.23 bits per heavy atom. The van der Waals surface area contributed by atoms with Gasteiger partial charge in [0.1, 0.15) is 17.8 Å². The Morgan fingerprint density at radius 3 is 1.69 bits per heavy atom. The third-order valence-electron chi connectivity index (χ3n) is 6.83. The number of aromatic nitrogens is 2. The highest BCUT2D eigenvalue weighted by Gasteiger charge is 2.22. The predicted molar refractivity (Wildman–Crippen MR) is 189 cm³/mol. The van der Waals surface area contributed by atoms with Crippen LogP contribution >= 0.6 is 0 Å². The maximum atomic E-state index is 12.2. The monoisotopic (exact) mass is 662 g/mol. The topological polar surface area (TPSA) is 173 Å². The zero-order chi connectivity index (χ0) is 35.3. The van der Waals surface area contributed by atoms with Crippen molar-refractivity contribution in [2.75, 3.05) is 19.7 Å². The molecule has 0 saturated heterocycles. The summed E-state index contributed by atoms with van der Waals surface area (Å²) in [5.74, 6) is 0. The second-order valence-corrected chi connectivity index (χ2v) is 13.3. The summed E-state index contributed by atoms with van der Waals surface area (Å²) in [6.45, 7) is 15.1. The smallest absolute Gasteiger partial charge is 0.407 e. The van der Waals surface area contributed by atoms with Crippen molar-refractivity contribution in [3.8, 4) is 0 Å². The average molecular weight is 663 g/mol. The molecular formula is C36H50N6O6. The molecular weight excluding hydrogens is 612 g/mol. The quantitative estimate of drug-likeness (QED) is 0.0834. The molecule has 12 heteroatoms. The highest BCUT2D eigenvalue weighted by molar-refractivity contribution is 5.84. The lowest BCUT2D eigenvalue weighted by Crippen LogP contribution is -2.46. The Balaban J connectivity index is 0.000000269. The fourth-order valence-electron chi connectivity index (χ4n) is 4.84. The highest BCUT2D eigenvalue weighted by atomic mass is 16.6. The number of aromatic amines is 2. The van der Waals surface area contributed by atoms with Crippen molar-refractivity contribution in [2.45, 2.75) is 77.7 Å². The first-order chi connectivity index (χ1) is 22.7. The number of rotatable bonds is 11. The molecule has 2 atom stereocenters. The summed E-state index contributed by atoms with van der Waals surface area (Å²) in [5, 5.41) is 10.5. The van der Waals surface area contributed by atoms with Crippen LogP contribution in [-0.2, 0) is 27.1 Å². The van der Waals surface area contributed by atoms with E-state index < -0.39 is 29.5 Å². The van der Waals surface area contributed by atoms with Crippen LogP contribution in [0, 0.1) is 0 Å². The summed E-state index contributed by atoms with van der Waals surface area (Å²) in [6.07, 6.45) is 5.01. The molecule has 7 N–H and O–H groups in total. The number of carbonyl (C=O) groups is 3. The second-order valence-electron chi connectivity index (χ2n) is 13.3. The van der Waals surface area contributed by atoms with E-state index in [4.69, 9.17) is 19.9 Å². The van der Waals surface area contributed by atoms with Crippen molar-refractivity contribution in [2.24, 2.45) is 5.73 Å². The lowest BCUT2D eigenvalue weighted by Gasteiger charge is -2.24. The number of amides is 3. The minimum absolute atomic E-state index is 0.123. The molecule has 0 aliphatic heterocycles. The summed E-state index contributed by atoms with van der Waals surface area (Å²) in [5.41, 5.74) is 8.92. The fraction of sp³-hybridized carbons (Fsp3) is 0.417. The average Bonchev–Trinajstić information content (AvgIpc) is 3.61. The number of para-hydroxylation sites is 2. The molecule has 48 heavy (non-hydrogen) atoms. The van der Waals surface area contributed by atoms with E-state index in [9.17, 15) is 14.4 Å². The summed E-state index contributed by atoms with van der Waals surface area (Å²) in [6, 6.07) is 15.5. The van der Waals surface area contributed by atoms with E-state index in [1.807, 2.05) is 75.6 Å². The van der Waals surface area contributed by atoms with Gasteiger partial charge in [0.15, 0.2) is 0 Å². The van der Waals surface area contributed by atoms with Crippen molar-refractivity contribution in [3.05, 3.63) is 84.7 Å². The van der Waals surface area contributed by atoms with Gasteiger partial charge in [-0.15, -0.1) is 0 Å². The molecule has 3 amide bonds. The van der Waals surface area contributed by atoms with Crippen LogP contribution in [-0.4, -0.2) is 71.2 Å². The summed E-state index contributed by atoms with van der Waals surface area (Å²) in [7, 11) is 0. The molecule has 260 valence electrons. The Bertz CT molecular complexity index is 1650. The number of H-pyrrole nitrogens is 2. The van der Waals surface area contributed by atoms with E-state index in [0.29, 0.717) is 19.4 Å². The lowest BCUT2D eigenvalue weighted by atomic mass is 10.0. The van der Waals surface area contributed by atoms with Crippen LogP contribution in [0.2, 0.25) is 0 Å². The molecule has 4 rings (SSSR count). The number of hydrogen-bond acceptors (Lipinski definition) is 7. The number of nitrogens with one attached hydrogen (secondary N) is 5. The number of carbonyl (C=O) groups excluding carboxylic acids is 3. The molecule has 0 aliphatic carbocycles. The van der Waals surface area contributed by atoms with Gasteiger partial charge in [-0.05, 0) is 77.6 Å². The number of ether oxygens (including phenoxy) is 3. The first kappa shape index (κ1) is 37.5. The molecule has 2 heterocycles. The van der Waals surface area contributed by atoms with Gasteiger partial charge in [0.05, 0.1) is 6.04 Å². The number of nitrogens with two attached hydrogens (primary N) is 1. The van der Waals surface area contributed by atoms with E-state index in [1.165, 1.54) is 6.08 Å². The zero-order valence-corrected chi connectivity index (χ0v) is 28.8. The van der Waals surface area contributed by atoms with E-state index in [1.54, 1.807) is 20.8 Å². The Labute approximate surface area is 282 Å². The Hall–Kier alpha value is -4.97. The molecule has 0 spiro atoms. The molecule has 0 radical (unpaired) electrons. The maximum absolute atomic E-state index is 12.2. The summed E-state index contributed by atoms with van der Waals surface area (Å²) < 4.78 is 15.5. The molecule has 0 bridgehead atoms. The third kappa shape index (κ3) is 12.7. The van der Waals surface area contributed by atoms with Gasteiger partial charge in [-0.3, -0.25) is 0 Å². The SMILES string of the molecule is C=CCOC(=O)NC[C@@H](Cc1c[nH]c2ccccc12)NC(=O)OC(C)(C)C.CC(C)(C)OC(=O)N[C@@H](CN)Cc1c[nH]c2ccccc12. The van der Waals surface area contributed by atoms with E-state index in [0.717, 1.165) is 32.9 Å². The minimum Gasteiger partial charge on any atom is -0.445 e. The summed E-state index contributed by atoms with van der Waals surface area (Å²) in [4.78, 5) is 42.1. The number of fused-ring (bicyclic) bond motifs is 2. The molecule has 0 aliphatic rings. The van der Waals surface area contributed by atoms with Gasteiger partial charge in [-0.1, -0.05) is 49.1 Å². The molecule has 2 aromatic carbocycles. The van der Waals surface area contributed by atoms with Crippen molar-refractivity contribution in [1.29, 1.82) is 0 Å². The van der Waals surface area contributed by atoms with Gasteiger partial charge in [-0.2, -0.15) is 0 Å². The minimum atomic E-state index is -0.605. The van der Waals surface area contributed by atoms with Gasteiger partial charge in [0.25, 0.3) is 0 Å². The van der Waals surface area contributed by atoms with Crippen molar-refractivity contribution in [1.82, 2.24) is 25.9 Å². The Kier molecular flexibility index (Phi) is 13.5. The zero-order valence-electron chi connectivity index (χ0n) is 28.8. The first-order valence-corrected chi connectivity index (χ1v) is 16.0. The summed E-state index contributed by atoms with van der Waals surface area (Å²) >= 11 is 0. The largest absolute Gasteiger partial charge is 0.445 e. The third-order valence-corrected chi connectivity index (χ3v) is 6.83. The van der Waals surface area contributed by atoms with Gasteiger partial charge in [-0.25, -0.2) is 14.4 Å². The first-order valence-electron chi connectivity index (χ1n) is 16.0. The second kappa shape index (κ2) is 17.3. The molecule has 12 nitrogen and oxygen atoms in total. The van der Waals surface area contributed by atoms with Crippen LogP contribution in [0.1, 0.15) is 52.7 Å². The fourth-order valence-corrected chi connectivity index (χ4v) is 4.84. The van der Waals surface area contributed by atoms with E-state index >= 15 is 0 Å². The van der Waals surface area contributed by atoms with Crippen LogP contribution < -0.4 is 21.7 Å². The number of hydrogen-bond donors (Lipinski definition) is 6. The van der Waals surface area contributed by atoms with Crippen molar-refractivity contribution in [3.63, 3.8) is 0 Å². The molecule has 0 unspecified atom stereocenters. The molecule has 0 saturated carbocycles.